The Balaban J connectivity index is 1.71. The summed E-state index contributed by atoms with van der Waals surface area (Å²) in [5, 5.41) is 2.70. The van der Waals surface area contributed by atoms with Crippen molar-refractivity contribution in [3.8, 4) is 0 Å². The van der Waals surface area contributed by atoms with E-state index in [0.717, 1.165) is 22.5 Å². The first-order valence-electron chi connectivity index (χ1n) is 6.41. The van der Waals surface area contributed by atoms with E-state index in [1.807, 2.05) is 18.2 Å². The second-order valence-electron chi connectivity index (χ2n) is 4.66. The van der Waals surface area contributed by atoms with Crippen LogP contribution in [0.3, 0.4) is 0 Å². The van der Waals surface area contributed by atoms with Crippen LogP contribution in [0, 0.1) is 0 Å². The van der Waals surface area contributed by atoms with Crippen LogP contribution in [0.15, 0.2) is 48.1 Å². The maximum atomic E-state index is 11.7. The van der Waals surface area contributed by atoms with Crippen LogP contribution in [0.25, 0.3) is 0 Å². The molecule has 0 radical (unpaired) electrons. The van der Waals surface area contributed by atoms with Crippen LogP contribution in [-0.4, -0.2) is 35.7 Å². The smallest absolute Gasteiger partial charge is 0.253 e. The third-order valence-electron chi connectivity index (χ3n) is 3.08. The molecule has 0 aromatic rings. The van der Waals surface area contributed by atoms with Crippen LogP contribution < -0.4 is 5.32 Å². The number of imide groups is 1. The number of carbonyl (C=O) groups is 3. The lowest BCUT2D eigenvalue weighted by Gasteiger charge is -2.14. The highest BCUT2D eigenvalue weighted by Gasteiger charge is 2.22. The maximum Gasteiger partial charge on any atom is 0.253 e. The Morgan fingerprint density at radius 3 is 2.50 bits per heavy atom. The average Bonchev–Trinajstić information content (AvgIpc) is 2.73. The number of nitrogens with zero attached hydrogens (tertiary/aromatic N) is 1. The molecule has 0 saturated carbocycles. The van der Waals surface area contributed by atoms with E-state index in [9.17, 15) is 14.4 Å². The molecular weight excluding hydrogens is 256 g/mol. The van der Waals surface area contributed by atoms with Crippen molar-refractivity contribution in [3.05, 3.63) is 48.1 Å². The summed E-state index contributed by atoms with van der Waals surface area (Å²) in [6.45, 7) is 4.29. The van der Waals surface area contributed by atoms with Gasteiger partial charge >= 0.3 is 0 Å². The van der Waals surface area contributed by atoms with E-state index in [-0.39, 0.29) is 30.8 Å². The van der Waals surface area contributed by atoms with Gasteiger partial charge in [0, 0.05) is 25.2 Å². The Hall–Kier alpha value is -2.43. The van der Waals surface area contributed by atoms with Crippen LogP contribution in [0.4, 0.5) is 0 Å². The zero-order valence-corrected chi connectivity index (χ0v) is 11.1. The van der Waals surface area contributed by atoms with Gasteiger partial charge in [0.05, 0.1) is 6.42 Å². The largest absolute Gasteiger partial charge is 0.354 e. The van der Waals surface area contributed by atoms with Crippen molar-refractivity contribution >= 4 is 17.7 Å². The van der Waals surface area contributed by atoms with E-state index >= 15 is 0 Å². The molecular formula is C15H16N2O3. The molecule has 0 fully saturated rings. The first kappa shape index (κ1) is 14.0. The van der Waals surface area contributed by atoms with Gasteiger partial charge in [0.2, 0.25) is 5.91 Å². The van der Waals surface area contributed by atoms with Crippen molar-refractivity contribution in [2.45, 2.75) is 12.8 Å². The number of hydrogen-bond donors (Lipinski definition) is 1. The normalized spacial score (nSPS) is 17.7. The molecule has 2 rings (SSSR count). The minimum atomic E-state index is -0.333. The lowest BCUT2D eigenvalue weighted by molar-refractivity contribution is -0.137. The molecule has 5 heteroatoms. The van der Waals surface area contributed by atoms with Crippen LogP contribution >= 0.6 is 0 Å². The third kappa shape index (κ3) is 3.54. The SMILES string of the molecule is C=C1C=CC(CC(=O)NCCN2C(=O)C=CC2=O)=CC1. The predicted molar refractivity (Wildman–Crippen MR) is 74.5 cm³/mol. The van der Waals surface area contributed by atoms with Gasteiger partial charge in [-0.25, -0.2) is 0 Å². The molecule has 1 heterocycles. The summed E-state index contributed by atoms with van der Waals surface area (Å²) in [7, 11) is 0. The van der Waals surface area contributed by atoms with Gasteiger partial charge in [-0.15, -0.1) is 0 Å². The Kier molecular flexibility index (Phi) is 4.30. The Morgan fingerprint density at radius 2 is 1.90 bits per heavy atom. The standard InChI is InChI=1S/C15H16N2O3/c1-11-2-4-12(5-3-11)10-13(18)16-8-9-17-14(19)6-7-15(17)20/h2,4-7H,1,3,8-10H2,(H,16,18). The minimum Gasteiger partial charge on any atom is -0.354 e. The number of hydrogen-bond acceptors (Lipinski definition) is 3. The van der Waals surface area contributed by atoms with Crippen LogP contribution in [0.1, 0.15) is 12.8 Å². The fraction of sp³-hybridized carbons (Fsp3) is 0.267. The maximum absolute atomic E-state index is 11.7. The van der Waals surface area contributed by atoms with Crippen LogP contribution in [-0.2, 0) is 14.4 Å². The van der Waals surface area contributed by atoms with Gasteiger partial charge in [0.15, 0.2) is 0 Å². The molecule has 0 aromatic carbocycles. The van der Waals surface area contributed by atoms with Crippen molar-refractivity contribution in [2.24, 2.45) is 0 Å². The summed E-state index contributed by atoms with van der Waals surface area (Å²) >= 11 is 0. The average molecular weight is 272 g/mol. The van der Waals surface area contributed by atoms with E-state index in [2.05, 4.69) is 11.9 Å². The molecule has 1 N–H and O–H groups in total. The first-order valence-corrected chi connectivity index (χ1v) is 6.41. The summed E-state index contributed by atoms with van der Waals surface area (Å²) in [5.41, 5.74) is 1.97. The van der Waals surface area contributed by atoms with Gasteiger partial charge in [-0.2, -0.15) is 0 Å². The van der Waals surface area contributed by atoms with Gasteiger partial charge in [0.1, 0.15) is 0 Å². The zero-order chi connectivity index (χ0) is 14.5. The topological polar surface area (TPSA) is 66.5 Å². The van der Waals surface area contributed by atoms with Crippen molar-refractivity contribution in [3.63, 3.8) is 0 Å². The minimum absolute atomic E-state index is 0.125. The van der Waals surface area contributed by atoms with Crippen LogP contribution in [0.2, 0.25) is 0 Å². The quantitative estimate of drug-likeness (QED) is 0.755. The van der Waals surface area contributed by atoms with Gasteiger partial charge in [-0.1, -0.05) is 30.4 Å². The van der Waals surface area contributed by atoms with Crippen LogP contribution in [0.5, 0.6) is 0 Å². The molecule has 0 aromatic heterocycles. The second kappa shape index (κ2) is 6.14. The number of allylic oxidation sites excluding steroid dienone is 4. The summed E-state index contributed by atoms with van der Waals surface area (Å²) in [5.74, 6) is -0.790. The fourth-order valence-electron chi connectivity index (χ4n) is 1.96. The number of nitrogens with one attached hydrogen (secondary N) is 1. The lowest BCUT2D eigenvalue weighted by Crippen LogP contribution is -2.38. The fourth-order valence-corrected chi connectivity index (χ4v) is 1.96. The molecule has 20 heavy (non-hydrogen) atoms. The molecule has 0 unspecified atom stereocenters. The van der Waals surface area contributed by atoms with Crippen molar-refractivity contribution in [2.75, 3.05) is 13.1 Å². The summed E-state index contributed by atoms with van der Waals surface area (Å²) in [6, 6.07) is 0. The molecule has 0 atom stereocenters. The lowest BCUT2D eigenvalue weighted by atomic mass is 10.0. The van der Waals surface area contributed by atoms with E-state index in [4.69, 9.17) is 0 Å². The summed E-state index contributed by atoms with van der Waals surface area (Å²) < 4.78 is 0. The summed E-state index contributed by atoms with van der Waals surface area (Å²) in [6.07, 6.45) is 9.27. The monoisotopic (exact) mass is 272 g/mol. The first-order chi connectivity index (χ1) is 9.56. The zero-order valence-electron chi connectivity index (χ0n) is 11.1. The van der Waals surface area contributed by atoms with Gasteiger partial charge < -0.3 is 5.32 Å². The summed E-state index contributed by atoms with van der Waals surface area (Å²) in [4.78, 5) is 35.4. The van der Waals surface area contributed by atoms with Gasteiger partial charge in [-0.3, -0.25) is 19.3 Å². The van der Waals surface area contributed by atoms with Gasteiger partial charge in [0.25, 0.3) is 11.8 Å². The van der Waals surface area contributed by atoms with E-state index in [1.165, 1.54) is 12.2 Å². The van der Waals surface area contributed by atoms with Crippen molar-refractivity contribution < 1.29 is 14.4 Å². The molecule has 3 amide bonds. The number of rotatable bonds is 5. The molecule has 5 nitrogen and oxygen atoms in total. The molecule has 104 valence electrons. The molecule has 0 spiro atoms. The van der Waals surface area contributed by atoms with E-state index in [1.54, 1.807) is 0 Å². The predicted octanol–water partition coefficient (Wildman–Crippen LogP) is 0.860. The Bertz CT molecular complexity index is 537. The van der Waals surface area contributed by atoms with Crippen molar-refractivity contribution in [1.82, 2.24) is 10.2 Å². The highest BCUT2D eigenvalue weighted by molar-refractivity contribution is 6.12. The molecule has 0 saturated heterocycles. The van der Waals surface area contributed by atoms with Gasteiger partial charge in [-0.05, 0) is 12.0 Å². The molecule has 2 aliphatic rings. The number of amides is 3. The highest BCUT2D eigenvalue weighted by atomic mass is 16.2. The third-order valence-corrected chi connectivity index (χ3v) is 3.08. The van der Waals surface area contributed by atoms with Crippen molar-refractivity contribution in [1.29, 1.82) is 0 Å². The van der Waals surface area contributed by atoms with E-state index in [0.29, 0.717) is 6.42 Å². The molecule has 1 aliphatic carbocycles. The molecule has 1 aliphatic heterocycles. The Morgan fingerprint density at radius 1 is 1.20 bits per heavy atom. The number of carbonyl (C=O) groups excluding carboxylic acids is 3. The second-order valence-corrected chi connectivity index (χ2v) is 4.66. The highest BCUT2D eigenvalue weighted by Crippen LogP contribution is 2.15. The molecule has 0 bridgehead atoms. The van der Waals surface area contributed by atoms with E-state index < -0.39 is 0 Å². The Labute approximate surface area is 117 Å².